The molecule has 0 unspecified atom stereocenters. The molecule has 0 saturated heterocycles. The van der Waals surface area contributed by atoms with Crippen LogP contribution in [0.1, 0.15) is 33.3 Å². The molecule has 1 aromatic carbocycles. The molecular formula is C12H18O2S. The molecule has 1 rings (SSSR count). The van der Waals surface area contributed by atoms with Gasteiger partial charge in [-0.2, -0.15) is 0 Å². The molecule has 0 aliphatic rings. The summed E-state index contributed by atoms with van der Waals surface area (Å²) in [5.74, 6) is 0. The topological polar surface area (TPSA) is 34.1 Å². The molecule has 0 saturated carbocycles. The molecule has 1 aromatic rings. The maximum atomic E-state index is 12.2. The van der Waals surface area contributed by atoms with Gasteiger partial charge < -0.3 is 0 Å². The number of hydrogen-bond donors (Lipinski definition) is 0. The zero-order valence-corrected chi connectivity index (χ0v) is 10.6. The highest BCUT2D eigenvalue weighted by atomic mass is 32.2. The summed E-state index contributed by atoms with van der Waals surface area (Å²) in [5, 5.41) is 0. The van der Waals surface area contributed by atoms with E-state index < -0.39 is 14.6 Å². The predicted molar refractivity (Wildman–Crippen MR) is 62.8 cm³/mol. The minimum atomic E-state index is -3.22. The molecule has 84 valence electrons. The van der Waals surface area contributed by atoms with E-state index in [-0.39, 0.29) is 0 Å². The van der Waals surface area contributed by atoms with Crippen LogP contribution in [0, 0.1) is 0 Å². The first-order chi connectivity index (χ1) is 6.80. The minimum Gasteiger partial charge on any atom is -0.223 e. The third-order valence-electron chi connectivity index (χ3n) is 2.45. The summed E-state index contributed by atoms with van der Waals surface area (Å²) in [4.78, 5) is 0.472. The van der Waals surface area contributed by atoms with Crippen LogP contribution in [0.5, 0.6) is 0 Å². The Morgan fingerprint density at radius 3 is 2.13 bits per heavy atom. The van der Waals surface area contributed by atoms with Gasteiger partial charge in [-0.25, -0.2) is 8.42 Å². The molecule has 0 atom stereocenters. The third-order valence-corrected chi connectivity index (χ3v) is 5.04. The fraction of sp³-hybridized carbons (Fsp3) is 0.500. The van der Waals surface area contributed by atoms with Crippen LogP contribution in [0.4, 0.5) is 0 Å². The summed E-state index contributed by atoms with van der Waals surface area (Å²) in [5.41, 5.74) is 0.896. The van der Waals surface area contributed by atoms with Crippen LogP contribution in [0.15, 0.2) is 29.2 Å². The van der Waals surface area contributed by atoms with Crippen LogP contribution >= 0.6 is 0 Å². The van der Waals surface area contributed by atoms with Crippen molar-refractivity contribution < 1.29 is 8.42 Å². The highest BCUT2D eigenvalue weighted by Gasteiger charge is 2.31. The van der Waals surface area contributed by atoms with Crippen LogP contribution < -0.4 is 0 Å². The van der Waals surface area contributed by atoms with Gasteiger partial charge in [0.25, 0.3) is 0 Å². The van der Waals surface area contributed by atoms with E-state index in [1.807, 2.05) is 19.1 Å². The summed E-state index contributed by atoms with van der Waals surface area (Å²) in [7, 11) is -3.22. The van der Waals surface area contributed by atoms with E-state index >= 15 is 0 Å². The quantitative estimate of drug-likeness (QED) is 0.777. The van der Waals surface area contributed by atoms with Crippen LogP contribution in [-0.2, 0) is 16.3 Å². The Labute approximate surface area is 92.2 Å². The normalized spacial score (nSPS) is 12.8. The van der Waals surface area contributed by atoms with E-state index in [9.17, 15) is 8.42 Å². The first kappa shape index (κ1) is 12.2. The smallest absolute Gasteiger partial charge is 0.183 e. The Morgan fingerprint density at radius 1 is 1.13 bits per heavy atom. The van der Waals surface area contributed by atoms with E-state index in [2.05, 4.69) is 0 Å². The Balaban J connectivity index is 3.41. The van der Waals surface area contributed by atoms with Crippen molar-refractivity contribution in [3.05, 3.63) is 29.8 Å². The molecule has 0 radical (unpaired) electrons. The van der Waals surface area contributed by atoms with Crippen molar-refractivity contribution >= 4 is 9.84 Å². The van der Waals surface area contributed by atoms with Crippen molar-refractivity contribution in [1.29, 1.82) is 0 Å². The Bertz CT molecular complexity index is 439. The first-order valence-corrected chi connectivity index (χ1v) is 6.61. The van der Waals surface area contributed by atoms with Gasteiger partial charge in [0.15, 0.2) is 9.84 Å². The zero-order valence-electron chi connectivity index (χ0n) is 9.74. The van der Waals surface area contributed by atoms with E-state index in [1.54, 1.807) is 32.9 Å². The molecule has 0 aliphatic carbocycles. The van der Waals surface area contributed by atoms with E-state index in [1.165, 1.54) is 0 Å². The summed E-state index contributed by atoms with van der Waals surface area (Å²) in [6.45, 7) is 7.16. The predicted octanol–water partition coefficient (Wildman–Crippen LogP) is 2.82. The van der Waals surface area contributed by atoms with Gasteiger partial charge in [-0.1, -0.05) is 25.1 Å². The minimum absolute atomic E-state index is 0.472. The standard InChI is InChI=1S/C12H18O2S/c1-5-10-8-6-7-9-11(10)15(13,14)12(2,3)4/h6-9H,5H2,1-4H3. The van der Waals surface area contributed by atoms with Gasteiger partial charge in [-0.15, -0.1) is 0 Å². The van der Waals surface area contributed by atoms with Crippen LogP contribution in [0.25, 0.3) is 0 Å². The number of benzene rings is 1. The molecule has 0 aromatic heterocycles. The van der Waals surface area contributed by atoms with Crippen molar-refractivity contribution in [2.75, 3.05) is 0 Å². The Kier molecular flexibility index (Phi) is 3.24. The molecule has 0 N–H and O–H groups in total. The maximum absolute atomic E-state index is 12.2. The van der Waals surface area contributed by atoms with Gasteiger partial charge in [0, 0.05) is 0 Å². The number of rotatable bonds is 2. The van der Waals surface area contributed by atoms with Crippen LogP contribution in [0.2, 0.25) is 0 Å². The molecule has 0 spiro atoms. The Morgan fingerprint density at radius 2 is 1.67 bits per heavy atom. The monoisotopic (exact) mass is 226 g/mol. The van der Waals surface area contributed by atoms with E-state index in [0.717, 1.165) is 12.0 Å². The molecule has 0 amide bonds. The second-order valence-electron chi connectivity index (χ2n) is 4.58. The molecular weight excluding hydrogens is 208 g/mol. The second kappa shape index (κ2) is 3.97. The Hall–Kier alpha value is -0.830. The van der Waals surface area contributed by atoms with Gasteiger partial charge in [-0.05, 0) is 38.8 Å². The van der Waals surface area contributed by atoms with Gasteiger partial charge in [0.05, 0.1) is 9.64 Å². The zero-order chi connectivity index (χ0) is 11.7. The highest BCUT2D eigenvalue weighted by molar-refractivity contribution is 7.92. The van der Waals surface area contributed by atoms with Gasteiger partial charge in [0.2, 0.25) is 0 Å². The molecule has 3 heteroatoms. The summed E-state index contributed by atoms with van der Waals surface area (Å²) < 4.78 is 23.7. The van der Waals surface area contributed by atoms with Crippen molar-refractivity contribution in [2.24, 2.45) is 0 Å². The van der Waals surface area contributed by atoms with E-state index in [4.69, 9.17) is 0 Å². The molecule has 0 fully saturated rings. The van der Waals surface area contributed by atoms with Crippen LogP contribution in [-0.4, -0.2) is 13.2 Å². The van der Waals surface area contributed by atoms with Crippen LogP contribution in [0.3, 0.4) is 0 Å². The average molecular weight is 226 g/mol. The third kappa shape index (κ3) is 2.23. The first-order valence-electron chi connectivity index (χ1n) is 5.13. The lowest BCUT2D eigenvalue weighted by atomic mass is 10.2. The largest absolute Gasteiger partial charge is 0.223 e. The lowest BCUT2D eigenvalue weighted by Crippen LogP contribution is -2.28. The molecule has 2 nitrogen and oxygen atoms in total. The van der Waals surface area contributed by atoms with Gasteiger partial charge in [0.1, 0.15) is 0 Å². The molecule has 15 heavy (non-hydrogen) atoms. The van der Waals surface area contributed by atoms with E-state index in [0.29, 0.717) is 4.90 Å². The number of aryl methyl sites for hydroxylation is 1. The molecule has 0 heterocycles. The molecule has 0 bridgehead atoms. The number of sulfone groups is 1. The summed E-state index contributed by atoms with van der Waals surface area (Å²) in [6, 6.07) is 7.22. The lowest BCUT2D eigenvalue weighted by molar-refractivity contribution is 0.559. The van der Waals surface area contributed by atoms with Gasteiger partial charge in [-0.3, -0.25) is 0 Å². The summed E-state index contributed by atoms with van der Waals surface area (Å²) in [6.07, 6.45) is 0.742. The van der Waals surface area contributed by atoms with Crippen molar-refractivity contribution in [3.63, 3.8) is 0 Å². The SMILES string of the molecule is CCc1ccccc1S(=O)(=O)C(C)(C)C. The van der Waals surface area contributed by atoms with Crippen molar-refractivity contribution in [2.45, 2.75) is 43.8 Å². The molecule has 0 aliphatic heterocycles. The maximum Gasteiger partial charge on any atom is 0.183 e. The van der Waals surface area contributed by atoms with Crippen molar-refractivity contribution in [3.8, 4) is 0 Å². The summed E-state index contributed by atoms with van der Waals surface area (Å²) >= 11 is 0. The number of hydrogen-bond acceptors (Lipinski definition) is 2. The lowest BCUT2D eigenvalue weighted by Gasteiger charge is -2.21. The fourth-order valence-electron chi connectivity index (χ4n) is 1.39. The van der Waals surface area contributed by atoms with Crippen molar-refractivity contribution in [1.82, 2.24) is 0 Å². The fourth-order valence-corrected chi connectivity index (χ4v) is 2.86. The highest BCUT2D eigenvalue weighted by Crippen LogP contribution is 2.27. The van der Waals surface area contributed by atoms with Gasteiger partial charge >= 0.3 is 0 Å². The second-order valence-corrected chi connectivity index (χ2v) is 7.25. The average Bonchev–Trinajstić information content (AvgIpc) is 2.16.